The van der Waals surface area contributed by atoms with Crippen molar-refractivity contribution in [3.63, 3.8) is 0 Å². The molecule has 3 fully saturated rings. The van der Waals surface area contributed by atoms with E-state index in [1.807, 2.05) is 6.92 Å². The summed E-state index contributed by atoms with van der Waals surface area (Å²) in [6.07, 6.45) is 8.60. The number of amides is 1. The lowest BCUT2D eigenvalue weighted by Crippen LogP contribution is -2.40. The minimum Gasteiger partial charge on any atom is -0.478 e. The summed E-state index contributed by atoms with van der Waals surface area (Å²) in [5.74, 6) is 2.07. The molecular weight excluding hydrogens is 316 g/mol. The first-order valence-electron chi connectivity index (χ1n) is 9.71. The van der Waals surface area contributed by atoms with Crippen LogP contribution in [0.4, 0.5) is 5.95 Å². The van der Waals surface area contributed by atoms with Crippen LogP contribution < -0.4 is 9.64 Å². The highest BCUT2D eigenvalue weighted by molar-refractivity contribution is 5.83. The lowest BCUT2D eigenvalue weighted by Gasteiger charge is -2.34. The van der Waals surface area contributed by atoms with Gasteiger partial charge < -0.3 is 14.5 Å². The molecule has 6 nitrogen and oxygen atoms in total. The van der Waals surface area contributed by atoms with Gasteiger partial charge in [0.2, 0.25) is 17.7 Å². The first kappa shape index (κ1) is 16.6. The molecule has 6 heteroatoms. The van der Waals surface area contributed by atoms with Crippen molar-refractivity contribution in [2.24, 2.45) is 11.3 Å². The molecule has 0 aromatic carbocycles. The van der Waals surface area contributed by atoms with Gasteiger partial charge in [0.05, 0.1) is 6.61 Å². The molecule has 1 aliphatic carbocycles. The predicted molar refractivity (Wildman–Crippen MR) is 95.6 cm³/mol. The molecule has 25 heavy (non-hydrogen) atoms. The summed E-state index contributed by atoms with van der Waals surface area (Å²) in [6, 6.07) is 1.80. The molecule has 1 saturated carbocycles. The van der Waals surface area contributed by atoms with Gasteiger partial charge in [-0.05, 0) is 50.9 Å². The summed E-state index contributed by atoms with van der Waals surface area (Å²) in [6.45, 7) is 6.36. The molecule has 4 rings (SSSR count). The standard InChI is InChI=1S/C19H28N4O2/c1-2-25-16-6-9-20-18(21-16)23-12-7-19(8-13-23)14-15(19)17(24)22-10-4-3-5-11-22/h6,9,15H,2-5,7-8,10-14H2,1H3. The van der Waals surface area contributed by atoms with E-state index in [9.17, 15) is 4.79 Å². The van der Waals surface area contributed by atoms with Gasteiger partial charge in [0.1, 0.15) is 0 Å². The average Bonchev–Trinajstić information content (AvgIpc) is 3.36. The molecule has 0 bridgehead atoms. The molecule has 136 valence electrons. The van der Waals surface area contributed by atoms with Crippen LogP contribution in [-0.2, 0) is 4.79 Å². The minimum absolute atomic E-state index is 0.253. The topological polar surface area (TPSA) is 58.6 Å². The highest BCUT2D eigenvalue weighted by atomic mass is 16.5. The molecule has 2 saturated heterocycles. The van der Waals surface area contributed by atoms with Gasteiger partial charge in [-0.3, -0.25) is 4.79 Å². The zero-order valence-electron chi connectivity index (χ0n) is 15.1. The fourth-order valence-corrected chi connectivity index (χ4v) is 4.45. The van der Waals surface area contributed by atoms with Crippen LogP contribution in [0.15, 0.2) is 12.3 Å². The van der Waals surface area contributed by atoms with Crippen LogP contribution in [0.25, 0.3) is 0 Å². The first-order chi connectivity index (χ1) is 12.2. The summed E-state index contributed by atoms with van der Waals surface area (Å²) in [7, 11) is 0. The Hall–Kier alpha value is -1.85. The monoisotopic (exact) mass is 344 g/mol. The molecule has 3 heterocycles. The molecule has 1 atom stereocenters. The molecule has 0 N–H and O–H groups in total. The normalized spacial score (nSPS) is 25.1. The number of carbonyl (C=O) groups is 1. The van der Waals surface area contributed by atoms with Crippen molar-refractivity contribution >= 4 is 11.9 Å². The van der Waals surface area contributed by atoms with Crippen LogP contribution in [0.5, 0.6) is 5.88 Å². The number of hydrogen-bond donors (Lipinski definition) is 0. The largest absolute Gasteiger partial charge is 0.478 e. The lowest BCUT2D eigenvalue weighted by molar-refractivity contribution is -0.134. The van der Waals surface area contributed by atoms with Crippen LogP contribution in [0.1, 0.15) is 45.4 Å². The number of likely N-dealkylation sites (tertiary alicyclic amines) is 1. The van der Waals surface area contributed by atoms with E-state index in [1.54, 1.807) is 12.3 Å². The highest BCUT2D eigenvalue weighted by Crippen LogP contribution is 2.60. The maximum atomic E-state index is 12.8. The Morgan fingerprint density at radius 3 is 2.72 bits per heavy atom. The van der Waals surface area contributed by atoms with Gasteiger partial charge in [0, 0.05) is 44.4 Å². The molecule has 1 aromatic heterocycles. The summed E-state index contributed by atoms with van der Waals surface area (Å²) >= 11 is 0. The zero-order valence-corrected chi connectivity index (χ0v) is 15.1. The maximum Gasteiger partial charge on any atom is 0.228 e. The van der Waals surface area contributed by atoms with Gasteiger partial charge in [0.25, 0.3) is 0 Å². The molecule has 2 aliphatic heterocycles. The van der Waals surface area contributed by atoms with Gasteiger partial charge in [-0.25, -0.2) is 4.98 Å². The SMILES string of the molecule is CCOc1ccnc(N2CCC3(CC2)CC3C(=O)N2CCCCC2)n1. The van der Waals surface area contributed by atoms with Crippen molar-refractivity contribution in [2.45, 2.75) is 45.4 Å². The number of piperidine rings is 2. The highest BCUT2D eigenvalue weighted by Gasteiger charge is 2.59. The Morgan fingerprint density at radius 2 is 2.00 bits per heavy atom. The third kappa shape index (κ3) is 3.31. The molecular formula is C19H28N4O2. The van der Waals surface area contributed by atoms with E-state index in [4.69, 9.17) is 4.74 Å². The molecule has 3 aliphatic rings. The van der Waals surface area contributed by atoms with Crippen LogP contribution in [0, 0.1) is 11.3 Å². The Balaban J connectivity index is 1.34. The van der Waals surface area contributed by atoms with Crippen molar-refractivity contribution in [2.75, 3.05) is 37.7 Å². The molecule has 0 radical (unpaired) electrons. The second-order valence-corrected chi connectivity index (χ2v) is 7.62. The van der Waals surface area contributed by atoms with Crippen molar-refractivity contribution in [3.05, 3.63) is 12.3 Å². The number of nitrogens with zero attached hydrogens (tertiary/aromatic N) is 4. The maximum absolute atomic E-state index is 12.8. The summed E-state index contributed by atoms with van der Waals surface area (Å²) in [5.41, 5.74) is 0.253. The number of hydrogen-bond acceptors (Lipinski definition) is 5. The van der Waals surface area contributed by atoms with Crippen LogP contribution >= 0.6 is 0 Å². The van der Waals surface area contributed by atoms with E-state index < -0.39 is 0 Å². The predicted octanol–water partition coefficient (Wildman–Crippen LogP) is 2.49. The Labute approximate surface area is 149 Å². The van der Waals surface area contributed by atoms with Crippen molar-refractivity contribution < 1.29 is 9.53 Å². The summed E-state index contributed by atoms with van der Waals surface area (Å²) in [4.78, 5) is 26.0. The first-order valence-corrected chi connectivity index (χ1v) is 9.71. The molecule has 1 unspecified atom stereocenters. The number of carbonyl (C=O) groups excluding carboxylic acids is 1. The van der Waals surface area contributed by atoms with E-state index in [0.717, 1.165) is 51.4 Å². The van der Waals surface area contributed by atoms with E-state index in [2.05, 4.69) is 19.8 Å². The molecule has 1 spiro atoms. The fourth-order valence-electron chi connectivity index (χ4n) is 4.45. The summed E-state index contributed by atoms with van der Waals surface area (Å²) < 4.78 is 5.48. The average molecular weight is 344 g/mol. The third-order valence-corrected chi connectivity index (χ3v) is 6.11. The summed E-state index contributed by atoms with van der Waals surface area (Å²) in [5, 5.41) is 0. The minimum atomic E-state index is 0.253. The Morgan fingerprint density at radius 1 is 1.24 bits per heavy atom. The van der Waals surface area contributed by atoms with Gasteiger partial charge in [0.15, 0.2) is 0 Å². The van der Waals surface area contributed by atoms with Crippen LogP contribution in [0.3, 0.4) is 0 Å². The Kier molecular flexibility index (Phi) is 4.52. The van der Waals surface area contributed by atoms with Gasteiger partial charge in [-0.2, -0.15) is 4.98 Å². The van der Waals surface area contributed by atoms with E-state index >= 15 is 0 Å². The number of rotatable bonds is 4. The van der Waals surface area contributed by atoms with Gasteiger partial charge in [-0.1, -0.05) is 0 Å². The van der Waals surface area contributed by atoms with Crippen LogP contribution in [-0.4, -0.2) is 53.6 Å². The zero-order chi connectivity index (χ0) is 17.3. The fraction of sp³-hybridized carbons (Fsp3) is 0.737. The van der Waals surface area contributed by atoms with E-state index in [0.29, 0.717) is 18.4 Å². The number of aromatic nitrogens is 2. The second kappa shape index (κ2) is 6.81. The Bertz CT molecular complexity index is 622. The smallest absolute Gasteiger partial charge is 0.228 e. The number of ether oxygens (including phenoxy) is 1. The third-order valence-electron chi connectivity index (χ3n) is 6.11. The number of anilines is 1. The van der Waals surface area contributed by atoms with Gasteiger partial charge in [-0.15, -0.1) is 0 Å². The van der Waals surface area contributed by atoms with E-state index in [1.165, 1.54) is 19.3 Å². The van der Waals surface area contributed by atoms with Crippen LogP contribution in [0.2, 0.25) is 0 Å². The van der Waals surface area contributed by atoms with Crippen molar-refractivity contribution in [3.8, 4) is 5.88 Å². The van der Waals surface area contributed by atoms with Gasteiger partial charge >= 0.3 is 0 Å². The quantitative estimate of drug-likeness (QED) is 0.840. The van der Waals surface area contributed by atoms with Crippen molar-refractivity contribution in [1.82, 2.24) is 14.9 Å². The second-order valence-electron chi connectivity index (χ2n) is 7.62. The van der Waals surface area contributed by atoms with E-state index in [-0.39, 0.29) is 11.3 Å². The van der Waals surface area contributed by atoms with Crippen molar-refractivity contribution in [1.29, 1.82) is 0 Å². The molecule has 1 amide bonds. The lowest BCUT2D eigenvalue weighted by atomic mass is 9.90. The molecule has 1 aromatic rings.